The highest BCUT2D eigenvalue weighted by molar-refractivity contribution is 6.38. The first-order valence-electron chi connectivity index (χ1n) is 5.78. The molecule has 0 fully saturated rings. The standard InChI is InChI=1S/C14H14ClNO2/c1-9(2)11-5-3-10(4-6-11)7-12-13(8-15)16-18-14(12)17/h3-7,9H,8H2,1-2H3/b12-7+. The highest BCUT2D eigenvalue weighted by atomic mass is 35.5. The van der Waals surface area contributed by atoms with Gasteiger partial charge >= 0.3 is 5.97 Å². The fourth-order valence-electron chi connectivity index (χ4n) is 1.70. The van der Waals surface area contributed by atoms with Crippen molar-refractivity contribution < 1.29 is 9.63 Å². The summed E-state index contributed by atoms with van der Waals surface area (Å²) < 4.78 is 0. The van der Waals surface area contributed by atoms with Crippen molar-refractivity contribution in [2.24, 2.45) is 5.16 Å². The van der Waals surface area contributed by atoms with Crippen molar-refractivity contribution in [3.8, 4) is 0 Å². The van der Waals surface area contributed by atoms with E-state index in [1.165, 1.54) is 5.56 Å². The molecule has 0 amide bonds. The zero-order chi connectivity index (χ0) is 13.1. The monoisotopic (exact) mass is 263 g/mol. The molecule has 4 heteroatoms. The molecule has 0 N–H and O–H groups in total. The van der Waals surface area contributed by atoms with Crippen LogP contribution in [0.1, 0.15) is 30.9 Å². The van der Waals surface area contributed by atoms with Gasteiger partial charge in [0.05, 0.1) is 11.5 Å². The predicted octanol–water partition coefficient (Wildman–Crippen LogP) is 3.35. The van der Waals surface area contributed by atoms with Gasteiger partial charge in [-0.1, -0.05) is 43.3 Å². The van der Waals surface area contributed by atoms with Crippen molar-refractivity contribution in [3.63, 3.8) is 0 Å². The largest absolute Gasteiger partial charge is 0.367 e. The second kappa shape index (κ2) is 5.36. The van der Waals surface area contributed by atoms with Gasteiger partial charge in [0, 0.05) is 0 Å². The molecule has 0 saturated heterocycles. The van der Waals surface area contributed by atoms with E-state index in [2.05, 4.69) is 36.0 Å². The molecule has 0 saturated carbocycles. The molecule has 3 nitrogen and oxygen atoms in total. The van der Waals surface area contributed by atoms with Crippen molar-refractivity contribution in [2.75, 3.05) is 5.88 Å². The van der Waals surface area contributed by atoms with Crippen molar-refractivity contribution in [3.05, 3.63) is 41.0 Å². The number of benzene rings is 1. The molecule has 0 radical (unpaired) electrons. The van der Waals surface area contributed by atoms with E-state index in [1.807, 2.05) is 12.1 Å². The number of rotatable bonds is 3. The average Bonchev–Trinajstić information content (AvgIpc) is 2.71. The van der Waals surface area contributed by atoms with Gasteiger partial charge in [-0.3, -0.25) is 0 Å². The van der Waals surface area contributed by atoms with Crippen LogP contribution in [0.5, 0.6) is 0 Å². The molecule has 1 aromatic carbocycles. The van der Waals surface area contributed by atoms with Crippen LogP contribution in [0.25, 0.3) is 6.08 Å². The molecule has 1 aromatic rings. The molecular formula is C14H14ClNO2. The first kappa shape index (κ1) is 12.8. The van der Waals surface area contributed by atoms with E-state index in [4.69, 9.17) is 11.6 Å². The molecule has 0 spiro atoms. The summed E-state index contributed by atoms with van der Waals surface area (Å²) in [5.74, 6) is 0.212. The van der Waals surface area contributed by atoms with Crippen molar-refractivity contribution in [2.45, 2.75) is 19.8 Å². The van der Waals surface area contributed by atoms with Crippen LogP contribution >= 0.6 is 11.6 Å². The molecule has 18 heavy (non-hydrogen) atoms. The van der Waals surface area contributed by atoms with Crippen LogP contribution in [-0.2, 0) is 9.63 Å². The summed E-state index contributed by atoms with van der Waals surface area (Å²) in [4.78, 5) is 16.1. The second-order valence-electron chi connectivity index (χ2n) is 4.43. The Hall–Kier alpha value is -1.61. The van der Waals surface area contributed by atoms with Gasteiger partial charge in [0.1, 0.15) is 5.71 Å². The van der Waals surface area contributed by atoms with E-state index in [0.29, 0.717) is 17.2 Å². The second-order valence-corrected chi connectivity index (χ2v) is 4.70. The summed E-state index contributed by atoms with van der Waals surface area (Å²) in [6.45, 7) is 4.28. The Bertz CT molecular complexity index is 515. The topological polar surface area (TPSA) is 38.7 Å². The van der Waals surface area contributed by atoms with Crippen LogP contribution in [0.4, 0.5) is 0 Å². The Morgan fingerprint density at radius 3 is 2.56 bits per heavy atom. The third kappa shape index (κ3) is 2.62. The number of halogens is 1. The average molecular weight is 264 g/mol. The maximum atomic E-state index is 11.5. The molecule has 1 heterocycles. The van der Waals surface area contributed by atoms with Gasteiger partial charge in [-0.2, -0.15) is 0 Å². The highest BCUT2D eigenvalue weighted by Gasteiger charge is 2.24. The van der Waals surface area contributed by atoms with Crippen molar-refractivity contribution in [1.82, 2.24) is 0 Å². The quantitative estimate of drug-likeness (QED) is 0.477. The molecular weight excluding hydrogens is 250 g/mol. The summed E-state index contributed by atoms with van der Waals surface area (Å²) in [5, 5.41) is 3.63. The minimum Gasteiger partial charge on any atom is -0.312 e. The summed E-state index contributed by atoms with van der Waals surface area (Å²) in [7, 11) is 0. The lowest BCUT2D eigenvalue weighted by molar-refractivity contribution is -0.136. The smallest absolute Gasteiger partial charge is 0.312 e. The van der Waals surface area contributed by atoms with Gasteiger partial charge < -0.3 is 4.84 Å². The normalized spacial score (nSPS) is 17.2. The lowest BCUT2D eigenvalue weighted by Gasteiger charge is -2.05. The lowest BCUT2D eigenvalue weighted by atomic mass is 10.0. The molecule has 0 aliphatic carbocycles. The third-order valence-electron chi connectivity index (χ3n) is 2.81. The van der Waals surface area contributed by atoms with Crippen LogP contribution < -0.4 is 0 Å². The first-order valence-corrected chi connectivity index (χ1v) is 6.31. The zero-order valence-corrected chi connectivity index (χ0v) is 11.1. The number of carbonyl (C=O) groups excluding carboxylic acids is 1. The van der Waals surface area contributed by atoms with Crippen LogP contribution in [0.2, 0.25) is 0 Å². The molecule has 0 atom stereocenters. The number of alkyl halides is 1. The fraction of sp³-hybridized carbons (Fsp3) is 0.286. The molecule has 94 valence electrons. The van der Waals surface area contributed by atoms with Gasteiger partial charge in [-0.25, -0.2) is 4.79 Å². The fourth-order valence-corrected chi connectivity index (χ4v) is 1.89. The van der Waals surface area contributed by atoms with Crippen molar-refractivity contribution in [1.29, 1.82) is 0 Å². The number of carbonyl (C=O) groups is 1. The van der Waals surface area contributed by atoms with Gasteiger partial charge in [-0.05, 0) is 23.1 Å². The number of hydrogen-bond acceptors (Lipinski definition) is 3. The maximum absolute atomic E-state index is 11.5. The molecule has 2 rings (SSSR count). The van der Waals surface area contributed by atoms with Crippen LogP contribution in [0.15, 0.2) is 35.0 Å². The van der Waals surface area contributed by atoms with Gasteiger partial charge in [-0.15, -0.1) is 11.6 Å². The maximum Gasteiger partial charge on any atom is 0.367 e. The van der Waals surface area contributed by atoms with Crippen molar-refractivity contribution >= 4 is 29.4 Å². The third-order valence-corrected chi connectivity index (χ3v) is 3.06. The van der Waals surface area contributed by atoms with Gasteiger partial charge in [0.15, 0.2) is 0 Å². The molecule has 0 bridgehead atoms. The SMILES string of the molecule is CC(C)c1ccc(/C=C2/C(=O)ON=C2CCl)cc1. The summed E-state index contributed by atoms with van der Waals surface area (Å²) in [5.41, 5.74) is 3.11. The Balaban J connectivity index is 2.27. The summed E-state index contributed by atoms with van der Waals surface area (Å²) in [6, 6.07) is 8.04. The Labute approximate surface area is 111 Å². The van der Waals surface area contributed by atoms with E-state index in [9.17, 15) is 4.79 Å². The van der Waals surface area contributed by atoms with Gasteiger partial charge in [0.2, 0.25) is 0 Å². The van der Waals surface area contributed by atoms with Gasteiger partial charge in [0.25, 0.3) is 0 Å². The molecule has 0 aromatic heterocycles. The minimum atomic E-state index is -0.446. The summed E-state index contributed by atoms with van der Waals surface area (Å²) >= 11 is 5.70. The van der Waals surface area contributed by atoms with E-state index in [-0.39, 0.29) is 5.88 Å². The van der Waals surface area contributed by atoms with E-state index in [1.54, 1.807) is 6.08 Å². The first-order chi connectivity index (χ1) is 8.61. The molecule has 0 unspecified atom stereocenters. The zero-order valence-electron chi connectivity index (χ0n) is 10.3. The van der Waals surface area contributed by atoms with Crippen LogP contribution in [0.3, 0.4) is 0 Å². The van der Waals surface area contributed by atoms with Crippen LogP contribution in [-0.4, -0.2) is 17.6 Å². The van der Waals surface area contributed by atoms with E-state index >= 15 is 0 Å². The Kier molecular flexibility index (Phi) is 3.82. The number of hydrogen-bond donors (Lipinski definition) is 0. The molecule has 1 aliphatic heterocycles. The lowest BCUT2D eigenvalue weighted by Crippen LogP contribution is -2.06. The van der Waals surface area contributed by atoms with Crippen LogP contribution in [0, 0.1) is 0 Å². The highest BCUT2D eigenvalue weighted by Crippen LogP contribution is 2.19. The molecule has 1 aliphatic rings. The predicted molar refractivity (Wildman–Crippen MR) is 72.8 cm³/mol. The summed E-state index contributed by atoms with van der Waals surface area (Å²) in [6.07, 6.45) is 1.75. The Morgan fingerprint density at radius 1 is 1.33 bits per heavy atom. The van der Waals surface area contributed by atoms with E-state index in [0.717, 1.165) is 5.56 Å². The number of nitrogens with zero attached hydrogens (tertiary/aromatic N) is 1. The minimum absolute atomic E-state index is 0.168. The Morgan fingerprint density at radius 2 is 2.00 bits per heavy atom. The van der Waals surface area contributed by atoms with E-state index < -0.39 is 5.97 Å². The number of oxime groups is 1.